The van der Waals surface area contributed by atoms with Crippen LogP contribution in [0.2, 0.25) is 0 Å². The van der Waals surface area contributed by atoms with Gasteiger partial charge in [0.2, 0.25) is 0 Å². The molecule has 9 aromatic rings. The number of aromatic nitrogens is 3. The standard InChI is InChI=1S/C52H35N3/c1-4-15-35(16-5-1)38-21-11-25-42(32-38)51-53-50(37-19-8-3-9-20-37)54-52(55-51)43-26-12-23-40(33-43)39-22-10-24-41(31-39)45-28-14-30-47-46-29-13-27-44(48(46)34-49(45)47)36-17-6-2-7-18-36/h1-33H,34H2. The summed E-state index contributed by atoms with van der Waals surface area (Å²) in [6.45, 7) is 0. The summed E-state index contributed by atoms with van der Waals surface area (Å²) < 4.78 is 0. The van der Waals surface area contributed by atoms with Crippen LogP contribution in [0.5, 0.6) is 0 Å². The van der Waals surface area contributed by atoms with Crippen LogP contribution in [0, 0.1) is 0 Å². The molecule has 0 bridgehead atoms. The first-order valence-electron chi connectivity index (χ1n) is 18.7. The first kappa shape index (κ1) is 32.4. The second-order valence-corrected chi connectivity index (χ2v) is 14.0. The molecule has 0 radical (unpaired) electrons. The summed E-state index contributed by atoms with van der Waals surface area (Å²) in [5, 5.41) is 0. The summed E-state index contributed by atoms with van der Waals surface area (Å²) in [5.41, 5.74) is 17.9. The summed E-state index contributed by atoms with van der Waals surface area (Å²) in [6.07, 6.45) is 0.908. The van der Waals surface area contributed by atoms with Crippen LogP contribution >= 0.6 is 0 Å². The van der Waals surface area contributed by atoms with E-state index < -0.39 is 0 Å². The van der Waals surface area contributed by atoms with E-state index >= 15 is 0 Å². The summed E-state index contributed by atoms with van der Waals surface area (Å²) in [7, 11) is 0. The molecule has 10 rings (SSSR count). The minimum absolute atomic E-state index is 0.639. The molecule has 0 fully saturated rings. The van der Waals surface area contributed by atoms with Crippen molar-refractivity contribution in [2.45, 2.75) is 6.42 Å². The van der Waals surface area contributed by atoms with Gasteiger partial charge in [-0.2, -0.15) is 0 Å². The Bertz CT molecular complexity index is 2830. The van der Waals surface area contributed by atoms with Crippen molar-refractivity contribution >= 4 is 0 Å². The fourth-order valence-corrected chi connectivity index (χ4v) is 7.92. The van der Waals surface area contributed by atoms with Crippen molar-refractivity contribution in [2.24, 2.45) is 0 Å². The Morgan fingerprint density at radius 2 is 0.564 bits per heavy atom. The van der Waals surface area contributed by atoms with E-state index in [-0.39, 0.29) is 0 Å². The lowest BCUT2D eigenvalue weighted by Crippen LogP contribution is -2.00. The van der Waals surface area contributed by atoms with E-state index in [1.165, 1.54) is 44.5 Å². The highest BCUT2D eigenvalue weighted by Gasteiger charge is 2.24. The largest absolute Gasteiger partial charge is 0.208 e. The topological polar surface area (TPSA) is 38.7 Å². The Labute approximate surface area is 321 Å². The number of hydrogen-bond donors (Lipinski definition) is 0. The predicted molar refractivity (Wildman–Crippen MR) is 226 cm³/mol. The van der Waals surface area contributed by atoms with Crippen molar-refractivity contribution in [3.8, 4) is 89.8 Å². The average molecular weight is 702 g/mol. The molecule has 0 unspecified atom stereocenters. The van der Waals surface area contributed by atoms with Gasteiger partial charge in [0.25, 0.3) is 0 Å². The zero-order valence-corrected chi connectivity index (χ0v) is 30.1. The van der Waals surface area contributed by atoms with Crippen LogP contribution in [-0.4, -0.2) is 15.0 Å². The molecule has 0 N–H and O–H groups in total. The molecular formula is C52H35N3. The van der Waals surface area contributed by atoms with Gasteiger partial charge in [-0.05, 0) is 91.4 Å². The van der Waals surface area contributed by atoms with E-state index in [4.69, 9.17) is 15.0 Å². The van der Waals surface area contributed by atoms with Gasteiger partial charge in [-0.3, -0.25) is 0 Å². The van der Waals surface area contributed by atoms with Crippen LogP contribution in [-0.2, 0) is 6.42 Å². The molecule has 3 heteroatoms. The van der Waals surface area contributed by atoms with Crippen molar-refractivity contribution in [1.29, 1.82) is 0 Å². The van der Waals surface area contributed by atoms with E-state index in [0.717, 1.165) is 45.4 Å². The molecule has 1 aromatic heterocycles. The maximum atomic E-state index is 5.10. The summed E-state index contributed by atoms with van der Waals surface area (Å²) in [6, 6.07) is 70.7. The Morgan fingerprint density at radius 3 is 1.09 bits per heavy atom. The lowest BCUT2D eigenvalue weighted by atomic mass is 9.93. The van der Waals surface area contributed by atoms with Crippen molar-refractivity contribution in [2.75, 3.05) is 0 Å². The first-order valence-corrected chi connectivity index (χ1v) is 18.7. The van der Waals surface area contributed by atoms with E-state index in [0.29, 0.717) is 17.5 Å². The molecule has 1 aliphatic carbocycles. The molecule has 8 aromatic carbocycles. The number of nitrogens with zero attached hydrogens (tertiary/aromatic N) is 3. The third-order valence-electron chi connectivity index (χ3n) is 10.6. The Balaban J connectivity index is 1.03. The molecule has 1 aliphatic rings. The smallest absolute Gasteiger partial charge is 0.164 e. The normalized spacial score (nSPS) is 11.6. The number of fused-ring (bicyclic) bond motifs is 3. The molecule has 1 heterocycles. The molecule has 0 amide bonds. The summed E-state index contributed by atoms with van der Waals surface area (Å²) in [4.78, 5) is 15.1. The second kappa shape index (κ2) is 14.0. The third-order valence-corrected chi connectivity index (χ3v) is 10.6. The van der Waals surface area contributed by atoms with Gasteiger partial charge in [-0.1, -0.05) is 182 Å². The lowest BCUT2D eigenvalue weighted by Gasteiger charge is -2.12. The van der Waals surface area contributed by atoms with Crippen molar-refractivity contribution in [1.82, 2.24) is 15.0 Å². The molecule has 0 spiro atoms. The highest BCUT2D eigenvalue weighted by Crippen LogP contribution is 2.45. The highest BCUT2D eigenvalue weighted by molar-refractivity contribution is 5.90. The molecule has 0 saturated carbocycles. The van der Waals surface area contributed by atoms with E-state index in [9.17, 15) is 0 Å². The van der Waals surface area contributed by atoms with Crippen LogP contribution in [0.4, 0.5) is 0 Å². The zero-order valence-electron chi connectivity index (χ0n) is 30.1. The maximum Gasteiger partial charge on any atom is 0.164 e. The minimum Gasteiger partial charge on any atom is -0.208 e. The average Bonchev–Trinajstić information content (AvgIpc) is 3.67. The van der Waals surface area contributed by atoms with E-state index in [1.54, 1.807) is 0 Å². The van der Waals surface area contributed by atoms with Crippen LogP contribution in [0.3, 0.4) is 0 Å². The molecule has 258 valence electrons. The van der Waals surface area contributed by atoms with Gasteiger partial charge in [-0.15, -0.1) is 0 Å². The summed E-state index contributed by atoms with van der Waals surface area (Å²) >= 11 is 0. The first-order chi connectivity index (χ1) is 27.2. The quantitative estimate of drug-likeness (QED) is 0.166. The number of hydrogen-bond acceptors (Lipinski definition) is 3. The maximum absolute atomic E-state index is 5.10. The van der Waals surface area contributed by atoms with Crippen LogP contribution in [0.1, 0.15) is 11.1 Å². The van der Waals surface area contributed by atoms with Gasteiger partial charge in [0, 0.05) is 16.7 Å². The van der Waals surface area contributed by atoms with Crippen LogP contribution in [0.15, 0.2) is 200 Å². The molecule has 0 saturated heterocycles. The molecule has 0 atom stereocenters. The molecule has 55 heavy (non-hydrogen) atoms. The van der Waals surface area contributed by atoms with Crippen molar-refractivity contribution in [3.05, 3.63) is 211 Å². The van der Waals surface area contributed by atoms with Crippen LogP contribution < -0.4 is 0 Å². The molecule has 3 nitrogen and oxygen atoms in total. The fourth-order valence-electron chi connectivity index (χ4n) is 7.92. The highest BCUT2D eigenvalue weighted by atomic mass is 15.0. The zero-order chi connectivity index (χ0) is 36.6. The molecular weight excluding hydrogens is 667 g/mol. The van der Waals surface area contributed by atoms with Crippen molar-refractivity contribution in [3.63, 3.8) is 0 Å². The van der Waals surface area contributed by atoms with Gasteiger partial charge in [0.1, 0.15) is 0 Å². The number of rotatable bonds is 7. The SMILES string of the molecule is c1ccc(-c2cccc(-c3nc(-c4ccccc4)nc(-c4cccc(-c5cccc(-c6cccc7c6Cc6c(-c8ccccc8)cccc6-7)c5)c4)n3)c2)cc1. The molecule has 0 aliphatic heterocycles. The fraction of sp³-hybridized carbons (Fsp3) is 0.0192. The van der Waals surface area contributed by atoms with Gasteiger partial charge < -0.3 is 0 Å². The number of benzene rings is 8. The lowest BCUT2D eigenvalue weighted by molar-refractivity contribution is 1.07. The third kappa shape index (κ3) is 6.22. The van der Waals surface area contributed by atoms with Gasteiger partial charge in [0.15, 0.2) is 17.5 Å². The van der Waals surface area contributed by atoms with E-state index in [1.807, 2.05) is 36.4 Å². The second-order valence-electron chi connectivity index (χ2n) is 14.0. The van der Waals surface area contributed by atoms with Gasteiger partial charge >= 0.3 is 0 Å². The van der Waals surface area contributed by atoms with Gasteiger partial charge in [-0.25, -0.2) is 15.0 Å². The Hall–Kier alpha value is -7.23. The van der Waals surface area contributed by atoms with Gasteiger partial charge in [0.05, 0.1) is 0 Å². The van der Waals surface area contributed by atoms with Crippen molar-refractivity contribution < 1.29 is 0 Å². The monoisotopic (exact) mass is 701 g/mol. The summed E-state index contributed by atoms with van der Waals surface area (Å²) in [5.74, 6) is 1.93. The Kier molecular flexibility index (Phi) is 8.23. The Morgan fingerprint density at radius 1 is 0.236 bits per heavy atom. The minimum atomic E-state index is 0.639. The van der Waals surface area contributed by atoms with E-state index in [2.05, 4.69) is 164 Å². The predicted octanol–water partition coefficient (Wildman–Crippen LogP) is 13.1. The van der Waals surface area contributed by atoms with Crippen LogP contribution in [0.25, 0.3) is 89.8 Å².